The van der Waals surface area contributed by atoms with Crippen LogP contribution in [0.2, 0.25) is 0 Å². The van der Waals surface area contributed by atoms with Gasteiger partial charge in [-0.2, -0.15) is 0 Å². The van der Waals surface area contributed by atoms with Gasteiger partial charge < -0.3 is 24.1 Å². The summed E-state index contributed by atoms with van der Waals surface area (Å²) in [5.41, 5.74) is 0.108. The van der Waals surface area contributed by atoms with Gasteiger partial charge >= 0.3 is 17.9 Å². The monoisotopic (exact) mass is 478 g/mol. The molecule has 0 aliphatic carbocycles. The zero-order valence-electron chi connectivity index (χ0n) is 21.1. The Morgan fingerprint density at radius 3 is 2.59 bits per heavy atom. The standard InChI is InChI=1S/C26H38O8/c1-7-9-20(28)32-22-21-17(4)24(29)34-26(21,30)14-15(2)10-8-11-16(3)19-12-13-25(6,33-19)23(22)31-18(5)27/h10,16,19,22-23,30H,7-9,11-14H2,1-6H3. The molecule has 1 saturated heterocycles. The van der Waals surface area contributed by atoms with E-state index < -0.39 is 41.5 Å². The van der Waals surface area contributed by atoms with Crippen molar-refractivity contribution >= 4 is 17.9 Å². The van der Waals surface area contributed by atoms with E-state index in [0.717, 1.165) is 24.8 Å². The second kappa shape index (κ2) is 10.2. The van der Waals surface area contributed by atoms with Gasteiger partial charge in [-0.25, -0.2) is 4.79 Å². The summed E-state index contributed by atoms with van der Waals surface area (Å²) < 4.78 is 23.6. The lowest BCUT2D eigenvalue weighted by atomic mass is 9.82. The first-order valence-corrected chi connectivity index (χ1v) is 12.3. The fourth-order valence-electron chi connectivity index (χ4n) is 5.35. The van der Waals surface area contributed by atoms with Gasteiger partial charge in [-0.15, -0.1) is 0 Å². The molecule has 1 N–H and O–H groups in total. The highest BCUT2D eigenvalue weighted by molar-refractivity contribution is 5.92. The van der Waals surface area contributed by atoms with E-state index in [9.17, 15) is 19.5 Å². The van der Waals surface area contributed by atoms with E-state index in [4.69, 9.17) is 18.9 Å². The molecule has 3 aliphatic heterocycles. The molecule has 34 heavy (non-hydrogen) atoms. The van der Waals surface area contributed by atoms with Crippen molar-refractivity contribution < 1.29 is 38.4 Å². The average Bonchev–Trinajstić information content (AvgIpc) is 3.22. The van der Waals surface area contributed by atoms with Crippen LogP contribution in [0.5, 0.6) is 0 Å². The first kappa shape index (κ1) is 26.4. The fraction of sp³-hybridized carbons (Fsp3) is 0.731. The molecular formula is C26H38O8. The maximum Gasteiger partial charge on any atom is 0.336 e. The van der Waals surface area contributed by atoms with Crippen LogP contribution in [-0.2, 0) is 33.3 Å². The van der Waals surface area contributed by atoms with Crippen LogP contribution < -0.4 is 0 Å². The minimum atomic E-state index is -2.02. The highest BCUT2D eigenvalue weighted by Crippen LogP contribution is 2.46. The van der Waals surface area contributed by atoms with Gasteiger partial charge in [0.05, 0.1) is 11.7 Å². The van der Waals surface area contributed by atoms with E-state index in [1.807, 2.05) is 26.8 Å². The third-order valence-corrected chi connectivity index (χ3v) is 7.17. The Kier molecular flexibility index (Phi) is 7.92. The number of carbonyl (C=O) groups excluding carboxylic acids is 3. The Hall–Kier alpha value is -2.19. The van der Waals surface area contributed by atoms with Crippen molar-refractivity contribution in [1.29, 1.82) is 0 Å². The van der Waals surface area contributed by atoms with Crippen LogP contribution in [0.1, 0.15) is 86.5 Å². The summed E-state index contributed by atoms with van der Waals surface area (Å²) in [6, 6.07) is 0. The van der Waals surface area contributed by atoms with E-state index in [1.54, 1.807) is 0 Å². The van der Waals surface area contributed by atoms with Crippen LogP contribution in [0.3, 0.4) is 0 Å². The molecule has 6 atom stereocenters. The Morgan fingerprint density at radius 1 is 1.24 bits per heavy atom. The maximum absolute atomic E-state index is 12.7. The summed E-state index contributed by atoms with van der Waals surface area (Å²) in [5, 5.41) is 11.6. The lowest BCUT2D eigenvalue weighted by Gasteiger charge is -2.40. The van der Waals surface area contributed by atoms with Crippen molar-refractivity contribution in [2.24, 2.45) is 5.92 Å². The maximum atomic E-state index is 12.7. The fourth-order valence-corrected chi connectivity index (χ4v) is 5.35. The predicted octanol–water partition coefficient (Wildman–Crippen LogP) is 3.90. The molecule has 6 unspecified atom stereocenters. The van der Waals surface area contributed by atoms with Crippen LogP contribution >= 0.6 is 0 Å². The lowest BCUT2D eigenvalue weighted by Crippen LogP contribution is -2.54. The molecule has 8 heteroatoms. The minimum Gasteiger partial charge on any atom is -0.455 e. The summed E-state index contributed by atoms with van der Waals surface area (Å²) in [6.45, 7) is 10.5. The molecular weight excluding hydrogens is 440 g/mol. The van der Waals surface area contributed by atoms with Gasteiger partial charge in [0.15, 0.2) is 12.2 Å². The van der Waals surface area contributed by atoms with Gasteiger partial charge in [0.2, 0.25) is 5.79 Å². The van der Waals surface area contributed by atoms with E-state index in [1.165, 1.54) is 13.8 Å². The van der Waals surface area contributed by atoms with Crippen molar-refractivity contribution in [2.75, 3.05) is 0 Å². The molecule has 0 spiro atoms. The van der Waals surface area contributed by atoms with Crippen molar-refractivity contribution in [3.63, 3.8) is 0 Å². The molecule has 3 heterocycles. The molecule has 0 aromatic heterocycles. The molecule has 8 nitrogen and oxygen atoms in total. The molecule has 0 radical (unpaired) electrons. The SMILES string of the molecule is CCCC(=O)OC1C2=C(C)C(=O)OC2(O)CC(C)=CCCC(C)C2CCC(C)(O2)C1OC(C)=O. The largest absolute Gasteiger partial charge is 0.455 e. The number of rotatable bonds is 4. The van der Waals surface area contributed by atoms with E-state index in [0.29, 0.717) is 12.8 Å². The Balaban J connectivity index is 2.20. The number of hydrogen-bond acceptors (Lipinski definition) is 8. The van der Waals surface area contributed by atoms with Gasteiger partial charge in [0.1, 0.15) is 5.60 Å². The number of hydrogen-bond donors (Lipinski definition) is 1. The Labute approximate surface area is 201 Å². The molecule has 0 saturated carbocycles. The summed E-state index contributed by atoms with van der Waals surface area (Å²) in [6.07, 6.45) is 3.36. The molecule has 3 aliphatic rings. The summed E-state index contributed by atoms with van der Waals surface area (Å²) in [7, 11) is 0. The minimum absolute atomic E-state index is 0.0232. The van der Waals surface area contributed by atoms with Gasteiger partial charge in [-0.1, -0.05) is 25.5 Å². The molecule has 3 rings (SSSR count). The van der Waals surface area contributed by atoms with Crippen molar-refractivity contribution in [3.05, 3.63) is 22.8 Å². The van der Waals surface area contributed by atoms with Gasteiger partial charge in [-0.05, 0) is 58.8 Å². The van der Waals surface area contributed by atoms with Crippen LogP contribution in [0.15, 0.2) is 22.8 Å². The number of aliphatic hydroxyl groups is 1. The van der Waals surface area contributed by atoms with E-state index in [-0.39, 0.29) is 36.0 Å². The van der Waals surface area contributed by atoms with Gasteiger partial charge in [-0.3, -0.25) is 9.59 Å². The van der Waals surface area contributed by atoms with E-state index in [2.05, 4.69) is 6.92 Å². The molecule has 0 aromatic rings. The van der Waals surface area contributed by atoms with Crippen LogP contribution in [0.25, 0.3) is 0 Å². The van der Waals surface area contributed by atoms with Crippen molar-refractivity contribution in [3.8, 4) is 0 Å². The zero-order chi connectivity index (χ0) is 25.3. The smallest absolute Gasteiger partial charge is 0.336 e. The quantitative estimate of drug-likeness (QED) is 0.368. The average molecular weight is 479 g/mol. The van der Waals surface area contributed by atoms with Crippen molar-refractivity contribution in [1.82, 2.24) is 0 Å². The van der Waals surface area contributed by atoms with Crippen LogP contribution in [0, 0.1) is 5.92 Å². The third kappa shape index (κ3) is 5.38. The summed E-state index contributed by atoms with van der Waals surface area (Å²) in [4.78, 5) is 37.6. The zero-order valence-corrected chi connectivity index (χ0v) is 21.1. The molecule has 0 aromatic carbocycles. The number of allylic oxidation sites excluding steroid dienone is 1. The van der Waals surface area contributed by atoms with Gasteiger partial charge in [0.25, 0.3) is 0 Å². The molecule has 1 fully saturated rings. The second-order valence-corrected chi connectivity index (χ2v) is 10.2. The first-order chi connectivity index (χ1) is 15.9. The topological polar surface area (TPSA) is 108 Å². The van der Waals surface area contributed by atoms with Crippen LogP contribution in [-0.4, -0.2) is 52.7 Å². The first-order valence-electron chi connectivity index (χ1n) is 12.3. The van der Waals surface area contributed by atoms with Crippen LogP contribution in [0.4, 0.5) is 0 Å². The van der Waals surface area contributed by atoms with Gasteiger partial charge in [0, 0.05) is 25.3 Å². The second-order valence-electron chi connectivity index (χ2n) is 10.2. The highest BCUT2D eigenvalue weighted by atomic mass is 16.7. The van der Waals surface area contributed by atoms with E-state index >= 15 is 0 Å². The molecule has 2 bridgehead atoms. The predicted molar refractivity (Wildman–Crippen MR) is 123 cm³/mol. The Morgan fingerprint density at radius 2 is 1.94 bits per heavy atom. The normalized spacial score (nSPS) is 36.4. The molecule has 0 amide bonds. The number of ether oxygens (including phenoxy) is 4. The van der Waals surface area contributed by atoms with Crippen molar-refractivity contribution in [2.45, 2.75) is 116 Å². The summed E-state index contributed by atoms with van der Waals surface area (Å²) >= 11 is 0. The summed E-state index contributed by atoms with van der Waals surface area (Å²) in [5.74, 6) is -3.55. The third-order valence-electron chi connectivity index (χ3n) is 7.17. The number of carbonyl (C=O) groups is 3. The number of fused-ring (bicyclic) bond motifs is 3. The number of esters is 3. The highest BCUT2D eigenvalue weighted by Gasteiger charge is 2.57. The lowest BCUT2D eigenvalue weighted by molar-refractivity contribution is -0.206. The molecule has 190 valence electrons. The Bertz CT molecular complexity index is 889.